The number of thioether (sulfide) groups is 1. The molecule has 0 spiro atoms. The van der Waals surface area contributed by atoms with Crippen LogP contribution in [0.2, 0.25) is 0 Å². The summed E-state index contributed by atoms with van der Waals surface area (Å²) in [7, 11) is 0. The van der Waals surface area contributed by atoms with E-state index in [2.05, 4.69) is 10.3 Å². The third kappa shape index (κ3) is 5.47. The van der Waals surface area contributed by atoms with Crippen molar-refractivity contribution in [2.45, 2.75) is 48.7 Å². The van der Waals surface area contributed by atoms with E-state index >= 15 is 0 Å². The van der Waals surface area contributed by atoms with E-state index in [1.807, 2.05) is 23.1 Å². The van der Waals surface area contributed by atoms with Crippen molar-refractivity contribution in [1.82, 2.24) is 15.2 Å². The van der Waals surface area contributed by atoms with Gasteiger partial charge in [-0.25, -0.2) is 9.37 Å². The number of hydrogen-bond acceptors (Lipinski definition) is 8. The maximum absolute atomic E-state index is 14.4. The molecule has 0 saturated carbocycles. The lowest BCUT2D eigenvalue weighted by Gasteiger charge is -2.29. The number of fused-ring (bicyclic) bond motifs is 1. The Morgan fingerprint density at radius 2 is 2.02 bits per heavy atom. The summed E-state index contributed by atoms with van der Waals surface area (Å²) in [6.45, 7) is 1.93. The van der Waals surface area contributed by atoms with Gasteiger partial charge in [-0.05, 0) is 49.2 Å². The molecular formula is C30H26FN5O4S. The minimum Gasteiger partial charge on any atom is -0.488 e. The minimum atomic E-state index is -0.676. The van der Waals surface area contributed by atoms with Gasteiger partial charge in [-0.2, -0.15) is 5.26 Å². The molecular weight excluding hydrogens is 545 g/mol. The van der Waals surface area contributed by atoms with E-state index in [-0.39, 0.29) is 42.5 Å². The summed E-state index contributed by atoms with van der Waals surface area (Å²) < 4.78 is 20.5. The van der Waals surface area contributed by atoms with Crippen LogP contribution in [0.3, 0.4) is 0 Å². The number of carbonyl (C=O) groups excluding carboxylic acids is 3. The van der Waals surface area contributed by atoms with E-state index in [4.69, 9.17) is 10.00 Å². The molecule has 6 rings (SSSR count). The SMILES string of the molecule is N#Cc1ccc(N2CC[C@@H](Sc3ccc(COc4cccc5c4CN([C@H]4CCC(=O)NC4=O)C5=O)cn3)C2)c(F)c1. The summed E-state index contributed by atoms with van der Waals surface area (Å²) in [4.78, 5) is 45.0. The molecule has 3 aliphatic rings. The number of ether oxygens (including phenoxy) is 1. The molecule has 2 atom stereocenters. The number of anilines is 1. The summed E-state index contributed by atoms with van der Waals surface area (Å²) >= 11 is 1.65. The topological polar surface area (TPSA) is 116 Å². The van der Waals surface area contributed by atoms with Gasteiger partial charge in [0.1, 0.15) is 24.2 Å². The van der Waals surface area contributed by atoms with Crippen molar-refractivity contribution in [3.8, 4) is 11.8 Å². The number of nitrogens with zero attached hydrogens (tertiary/aromatic N) is 4. The standard InChI is InChI=1S/C30H26FN5O4S/c31-23-12-18(13-32)4-6-24(23)35-11-10-20(15-35)41-28-9-5-19(14-33-28)17-40-26-3-1-2-21-22(26)16-36(30(21)39)25-7-8-27(37)34-29(25)38/h1-6,9,12,14,20,25H,7-8,10-11,15-17H2,(H,34,37,38)/t20-,25+/m1/s1. The molecule has 0 radical (unpaired) electrons. The van der Waals surface area contributed by atoms with Gasteiger partial charge in [0.2, 0.25) is 11.8 Å². The highest BCUT2D eigenvalue weighted by molar-refractivity contribution is 7.99. The lowest BCUT2D eigenvalue weighted by molar-refractivity contribution is -0.136. The molecule has 208 valence electrons. The van der Waals surface area contributed by atoms with E-state index < -0.39 is 11.9 Å². The van der Waals surface area contributed by atoms with Crippen LogP contribution in [-0.2, 0) is 22.7 Å². The number of halogens is 1. The number of imide groups is 1. The quantitative estimate of drug-likeness (QED) is 0.426. The molecule has 0 bridgehead atoms. The van der Waals surface area contributed by atoms with Crippen molar-refractivity contribution < 1.29 is 23.5 Å². The maximum Gasteiger partial charge on any atom is 0.255 e. The fraction of sp³-hybridized carbons (Fsp3) is 0.300. The molecule has 11 heteroatoms. The van der Waals surface area contributed by atoms with Gasteiger partial charge >= 0.3 is 0 Å². The molecule has 1 N–H and O–H groups in total. The molecule has 9 nitrogen and oxygen atoms in total. The molecule has 3 amide bonds. The predicted molar refractivity (Wildman–Crippen MR) is 149 cm³/mol. The van der Waals surface area contributed by atoms with E-state index in [0.717, 1.165) is 29.1 Å². The van der Waals surface area contributed by atoms with Gasteiger partial charge in [0.05, 0.1) is 28.9 Å². The third-order valence-corrected chi connectivity index (χ3v) is 8.78. The Bertz CT molecular complexity index is 1570. The zero-order valence-electron chi connectivity index (χ0n) is 22.0. The average molecular weight is 572 g/mol. The summed E-state index contributed by atoms with van der Waals surface area (Å²) in [5.74, 6) is -0.809. The van der Waals surface area contributed by atoms with E-state index in [9.17, 15) is 18.8 Å². The van der Waals surface area contributed by atoms with E-state index in [0.29, 0.717) is 35.5 Å². The Balaban J connectivity index is 1.05. The fourth-order valence-corrected chi connectivity index (χ4v) is 6.55. The van der Waals surface area contributed by atoms with Crippen molar-refractivity contribution in [3.63, 3.8) is 0 Å². The summed E-state index contributed by atoms with van der Waals surface area (Å²) in [5.41, 5.74) is 2.92. The van der Waals surface area contributed by atoms with Gasteiger partial charge in [0, 0.05) is 47.6 Å². The highest BCUT2D eigenvalue weighted by atomic mass is 32.2. The van der Waals surface area contributed by atoms with Crippen LogP contribution < -0.4 is 15.0 Å². The first-order valence-electron chi connectivity index (χ1n) is 13.3. The van der Waals surface area contributed by atoms with Crippen LogP contribution in [0.15, 0.2) is 59.8 Å². The number of hydrogen-bond donors (Lipinski definition) is 1. The number of amides is 3. The van der Waals surface area contributed by atoms with Gasteiger partial charge in [0.15, 0.2) is 0 Å². The van der Waals surface area contributed by atoms with Gasteiger partial charge in [-0.3, -0.25) is 19.7 Å². The van der Waals surface area contributed by atoms with Crippen LogP contribution in [0, 0.1) is 17.1 Å². The fourth-order valence-electron chi connectivity index (χ4n) is 5.47. The molecule has 3 aromatic rings. The highest BCUT2D eigenvalue weighted by Gasteiger charge is 2.40. The zero-order chi connectivity index (χ0) is 28.5. The normalized spacial score (nSPS) is 20.1. The van der Waals surface area contributed by atoms with Crippen LogP contribution in [-0.4, -0.2) is 52.0 Å². The van der Waals surface area contributed by atoms with Crippen LogP contribution in [0.1, 0.15) is 46.3 Å². The average Bonchev–Trinajstić information content (AvgIpc) is 3.57. The molecule has 3 aliphatic heterocycles. The Labute approximate surface area is 240 Å². The van der Waals surface area contributed by atoms with Crippen LogP contribution in [0.25, 0.3) is 0 Å². The minimum absolute atomic E-state index is 0.204. The maximum atomic E-state index is 14.4. The predicted octanol–water partition coefficient (Wildman–Crippen LogP) is 3.80. The number of piperidine rings is 1. The van der Waals surface area contributed by atoms with Crippen LogP contribution in [0.4, 0.5) is 10.1 Å². The highest BCUT2D eigenvalue weighted by Crippen LogP contribution is 2.35. The Morgan fingerprint density at radius 3 is 2.78 bits per heavy atom. The first kappa shape index (κ1) is 26.8. The van der Waals surface area contributed by atoms with E-state index in [1.54, 1.807) is 48.3 Å². The number of rotatable bonds is 7. The van der Waals surface area contributed by atoms with Crippen molar-refractivity contribution in [3.05, 3.63) is 82.8 Å². The van der Waals surface area contributed by atoms with Crippen molar-refractivity contribution in [2.75, 3.05) is 18.0 Å². The summed E-state index contributed by atoms with van der Waals surface area (Å²) in [6, 6.07) is 15.0. The summed E-state index contributed by atoms with van der Waals surface area (Å²) in [6.07, 6.45) is 3.17. The number of aromatic nitrogens is 1. The first-order chi connectivity index (χ1) is 19.9. The van der Waals surface area contributed by atoms with Gasteiger partial charge in [0.25, 0.3) is 5.91 Å². The van der Waals surface area contributed by atoms with E-state index in [1.165, 1.54) is 11.0 Å². The molecule has 2 fully saturated rings. The van der Waals surface area contributed by atoms with Crippen LogP contribution in [0.5, 0.6) is 5.75 Å². The number of nitriles is 1. The summed E-state index contributed by atoms with van der Waals surface area (Å²) in [5, 5.41) is 12.4. The lowest BCUT2D eigenvalue weighted by atomic mass is 10.0. The Kier molecular flexibility index (Phi) is 7.32. The molecule has 2 aromatic carbocycles. The molecule has 0 unspecified atom stereocenters. The second-order valence-corrected chi connectivity index (χ2v) is 11.5. The monoisotopic (exact) mass is 571 g/mol. The molecule has 1 aromatic heterocycles. The largest absolute Gasteiger partial charge is 0.488 e. The zero-order valence-corrected chi connectivity index (χ0v) is 22.8. The van der Waals surface area contributed by atoms with Crippen molar-refractivity contribution in [1.29, 1.82) is 5.26 Å². The van der Waals surface area contributed by atoms with Crippen molar-refractivity contribution in [2.24, 2.45) is 0 Å². The second kappa shape index (κ2) is 11.2. The third-order valence-electron chi connectivity index (χ3n) is 7.58. The van der Waals surface area contributed by atoms with Gasteiger partial charge in [-0.15, -0.1) is 11.8 Å². The number of pyridine rings is 1. The molecule has 4 heterocycles. The molecule has 0 aliphatic carbocycles. The van der Waals surface area contributed by atoms with Crippen LogP contribution >= 0.6 is 11.8 Å². The van der Waals surface area contributed by atoms with Gasteiger partial charge < -0.3 is 14.5 Å². The number of carbonyl (C=O) groups is 3. The van der Waals surface area contributed by atoms with Crippen molar-refractivity contribution >= 4 is 35.2 Å². The number of benzene rings is 2. The smallest absolute Gasteiger partial charge is 0.255 e. The first-order valence-corrected chi connectivity index (χ1v) is 14.2. The lowest BCUT2D eigenvalue weighted by Crippen LogP contribution is -2.52. The number of nitrogens with one attached hydrogen (secondary N) is 1. The molecule has 41 heavy (non-hydrogen) atoms. The Hall–Kier alpha value is -4.43. The Morgan fingerprint density at radius 1 is 1.15 bits per heavy atom. The molecule has 2 saturated heterocycles. The van der Waals surface area contributed by atoms with Gasteiger partial charge in [-0.1, -0.05) is 12.1 Å². The second-order valence-electron chi connectivity index (χ2n) is 10.2.